The summed E-state index contributed by atoms with van der Waals surface area (Å²) in [6.07, 6.45) is -2.43. The molecule has 1 aromatic rings. The van der Waals surface area contributed by atoms with Crippen molar-refractivity contribution in [1.29, 1.82) is 0 Å². The van der Waals surface area contributed by atoms with E-state index >= 15 is 0 Å². The van der Waals surface area contributed by atoms with Gasteiger partial charge in [-0.15, -0.1) is 0 Å². The first-order chi connectivity index (χ1) is 9.43. The highest BCUT2D eigenvalue weighted by atomic mass is 35.5. The van der Waals surface area contributed by atoms with Gasteiger partial charge in [0.25, 0.3) is 5.56 Å². The molecule has 2 rings (SSSR count). The van der Waals surface area contributed by atoms with E-state index in [2.05, 4.69) is 5.92 Å². The molecule has 0 saturated carbocycles. The van der Waals surface area contributed by atoms with Crippen LogP contribution < -0.4 is 17.0 Å². The van der Waals surface area contributed by atoms with Gasteiger partial charge in [0, 0.05) is 17.6 Å². The van der Waals surface area contributed by atoms with Crippen molar-refractivity contribution in [2.24, 2.45) is 5.73 Å². The molecule has 1 saturated heterocycles. The Labute approximate surface area is 117 Å². The molecule has 108 valence electrons. The average molecular weight is 302 g/mol. The molecule has 0 aliphatic carbocycles. The highest BCUT2D eigenvalue weighted by Gasteiger charge is 2.54. The van der Waals surface area contributed by atoms with Crippen molar-refractivity contribution in [3.8, 4) is 11.3 Å². The minimum Gasteiger partial charge on any atom is -0.394 e. The summed E-state index contributed by atoms with van der Waals surface area (Å²) in [5.41, 5.74) is 2.90. The second-order valence-electron chi connectivity index (χ2n) is 4.32. The lowest BCUT2D eigenvalue weighted by atomic mass is 9.92. The Morgan fingerprint density at radius 1 is 1.60 bits per heavy atom. The summed E-state index contributed by atoms with van der Waals surface area (Å²) in [5, 5.41) is 21.2. The predicted octanol–water partition coefficient (Wildman–Crippen LogP) is -2.32. The van der Waals surface area contributed by atoms with Gasteiger partial charge in [0.2, 0.25) is 0 Å². The summed E-state index contributed by atoms with van der Waals surface area (Å²) in [4.78, 5) is 24.9. The molecule has 0 bridgehead atoms. The number of aliphatic hydroxyl groups excluding tert-OH is 2. The number of hydrogen-bond donors (Lipinski definition) is 4. The normalized spacial score (nSPS) is 32.7. The number of H-pyrrole nitrogens is 1. The fraction of sp³-hybridized carbons (Fsp3) is 0.455. The van der Waals surface area contributed by atoms with E-state index in [4.69, 9.17) is 27.2 Å². The third kappa shape index (κ3) is 2.26. The summed E-state index contributed by atoms with van der Waals surface area (Å²) in [6.45, 7) is -0.515. The van der Waals surface area contributed by atoms with E-state index in [0.29, 0.717) is 0 Å². The zero-order chi connectivity index (χ0) is 14.9. The molecule has 4 unspecified atom stereocenters. The molecule has 0 radical (unpaired) electrons. The van der Waals surface area contributed by atoms with Crippen LogP contribution in [0.15, 0.2) is 21.9 Å². The molecule has 0 spiro atoms. The number of hydrogen-bond acceptors (Lipinski definition) is 6. The molecule has 20 heavy (non-hydrogen) atoms. The van der Waals surface area contributed by atoms with Crippen LogP contribution in [-0.2, 0) is 4.74 Å². The Balaban J connectivity index is 2.55. The number of nitrogens with zero attached hydrogens (tertiary/aromatic N) is 1. The third-order valence-electron chi connectivity index (χ3n) is 3.10. The highest BCUT2D eigenvalue weighted by molar-refractivity contribution is 6.30. The zero-order valence-electron chi connectivity index (χ0n) is 10.1. The lowest BCUT2D eigenvalue weighted by Crippen LogP contribution is -2.55. The summed E-state index contributed by atoms with van der Waals surface area (Å²) >= 11 is 5.33. The van der Waals surface area contributed by atoms with Gasteiger partial charge in [-0.25, -0.2) is 4.79 Å². The fourth-order valence-corrected chi connectivity index (χ4v) is 2.24. The van der Waals surface area contributed by atoms with Gasteiger partial charge in [-0.1, -0.05) is 5.92 Å². The molecule has 1 aromatic heterocycles. The van der Waals surface area contributed by atoms with Crippen molar-refractivity contribution in [2.45, 2.75) is 24.0 Å². The fourth-order valence-electron chi connectivity index (χ4n) is 2.07. The van der Waals surface area contributed by atoms with Crippen LogP contribution in [0.3, 0.4) is 0 Å². The third-order valence-corrected chi connectivity index (χ3v) is 3.20. The molecule has 1 aliphatic rings. The summed E-state index contributed by atoms with van der Waals surface area (Å²) in [7, 11) is 0. The van der Waals surface area contributed by atoms with Gasteiger partial charge in [-0.3, -0.25) is 14.3 Å². The molecule has 8 nitrogen and oxygen atoms in total. The van der Waals surface area contributed by atoms with E-state index in [-0.39, 0.29) is 0 Å². The molecule has 2 heterocycles. The number of rotatable bonds is 2. The summed E-state index contributed by atoms with van der Waals surface area (Å²) < 4.78 is 6.33. The van der Waals surface area contributed by atoms with Crippen molar-refractivity contribution in [1.82, 2.24) is 9.55 Å². The molecule has 1 aliphatic heterocycles. The topological polar surface area (TPSA) is 131 Å². The number of ether oxygens (including phenoxy) is 1. The zero-order valence-corrected chi connectivity index (χ0v) is 10.9. The maximum absolute atomic E-state index is 11.8. The van der Waals surface area contributed by atoms with E-state index < -0.39 is 41.8 Å². The first-order valence-electron chi connectivity index (χ1n) is 5.61. The monoisotopic (exact) mass is 301 g/mol. The molecular weight excluding hydrogens is 290 g/mol. The lowest BCUT2D eigenvalue weighted by molar-refractivity contribution is -0.0477. The van der Waals surface area contributed by atoms with Crippen LogP contribution in [0.2, 0.25) is 0 Å². The van der Waals surface area contributed by atoms with E-state index in [1.165, 1.54) is 0 Å². The maximum atomic E-state index is 11.8. The Hall–Kier alpha value is -1.63. The predicted molar refractivity (Wildman–Crippen MR) is 68.9 cm³/mol. The number of aromatic nitrogens is 2. The summed E-state index contributed by atoms with van der Waals surface area (Å²) in [5.74, 6) is 2.38. The van der Waals surface area contributed by atoms with Gasteiger partial charge in [0.05, 0.1) is 6.61 Å². The number of aromatic amines is 1. The number of halogens is 1. The van der Waals surface area contributed by atoms with Crippen LogP contribution in [0.1, 0.15) is 6.23 Å². The van der Waals surface area contributed by atoms with Gasteiger partial charge < -0.3 is 20.7 Å². The second-order valence-corrected chi connectivity index (χ2v) is 4.51. The Morgan fingerprint density at radius 2 is 2.30 bits per heavy atom. The van der Waals surface area contributed by atoms with Crippen LogP contribution in [0.4, 0.5) is 0 Å². The van der Waals surface area contributed by atoms with Gasteiger partial charge in [0.1, 0.15) is 12.2 Å². The number of aliphatic hydroxyl groups is 2. The Kier molecular flexibility index (Phi) is 3.99. The smallest absolute Gasteiger partial charge is 0.330 e. The Bertz CT molecular complexity index is 675. The first kappa shape index (κ1) is 14.8. The van der Waals surface area contributed by atoms with E-state index in [1.54, 1.807) is 0 Å². The molecule has 1 fully saturated rings. The minimum absolute atomic E-state index is 0.515. The van der Waals surface area contributed by atoms with Crippen molar-refractivity contribution in [2.75, 3.05) is 6.61 Å². The largest absolute Gasteiger partial charge is 0.394 e. The molecule has 0 amide bonds. The second kappa shape index (κ2) is 5.40. The number of nitrogens with one attached hydrogen (secondary N) is 1. The first-order valence-corrected chi connectivity index (χ1v) is 5.99. The molecule has 5 N–H and O–H groups in total. The van der Waals surface area contributed by atoms with Gasteiger partial charge in [0.15, 0.2) is 11.8 Å². The van der Waals surface area contributed by atoms with Crippen LogP contribution in [0, 0.1) is 11.3 Å². The Morgan fingerprint density at radius 3 is 2.85 bits per heavy atom. The van der Waals surface area contributed by atoms with E-state index in [1.807, 2.05) is 10.4 Å². The standard InChI is InChI=1S/C11H12ClN3O5/c12-3-2-11(13)8(18)6(5-16)20-9(11)15-4-1-7(17)14-10(15)19/h1,4,6,8-9,16,18H,5,13H2,(H,14,17,19). The average Bonchev–Trinajstić information content (AvgIpc) is 2.63. The molecule has 4 atom stereocenters. The van der Waals surface area contributed by atoms with Crippen LogP contribution in [-0.4, -0.2) is 44.1 Å². The minimum atomic E-state index is -1.70. The highest BCUT2D eigenvalue weighted by Crippen LogP contribution is 2.35. The molecule has 0 aromatic carbocycles. The molecular formula is C11H12ClN3O5. The van der Waals surface area contributed by atoms with Gasteiger partial charge >= 0.3 is 5.69 Å². The van der Waals surface area contributed by atoms with Crippen molar-refractivity contribution in [3.63, 3.8) is 0 Å². The van der Waals surface area contributed by atoms with Crippen LogP contribution >= 0.6 is 11.6 Å². The van der Waals surface area contributed by atoms with E-state index in [9.17, 15) is 14.7 Å². The lowest BCUT2D eigenvalue weighted by Gasteiger charge is -2.27. The van der Waals surface area contributed by atoms with Crippen molar-refractivity contribution >= 4 is 11.6 Å². The van der Waals surface area contributed by atoms with Gasteiger partial charge in [-0.05, 0) is 11.6 Å². The molecule has 9 heteroatoms. The van der Waals surface area contributed by atoms with Crippen molar-refractivity contribution in [3.05, 3.63) is 33.1 Å². The quantitative estimate of drug-likeness (QED) is 0.454. The number of nitrogens with two attached hydrogens (primary N) is 1. The van der Waals surface area contributed by atoms with Crippen molar-refractivity contribution < 1.29 is 14.9 Å². The van der Waals surface area contributed by atoms with Gasteiger partial charge in [-0.2, -0.15) is 0 Å². The maximum Gasteiger partial charge on any atom is 0.330 e. The van der Waals surface area contributed by atoms with Crippen LogP contribution in [0.25, 0.3) is 0 Å². The van der Waals surface area contributed by atoms with E-state index in [0.717, 1.165) is 16.8 Å². The summed E-state index contributed by atoms with van der Waals surface area (Å²) in [6, 6.07) is 1.10. The SMILES string of the molecule is NC1(C#CCl)C(O)C(CO)OC1n1ccc(=O)[nH]c1=O. The van der Waals surface area contributed by atoms with Crippen LogP contribution in [0.5, 0.6) is 0 Å².